The Labute approximate surface area is 211 Å². The first kappa shape index (κ1) is 25.1. The molecule has 35 heavy (non-hydrogen) atoms. The molecular formula is C29H32O5S. The van der Waals surface area contributed by atoms with Gasteiger partial charge < -0.3 is 14.2 Å². The molecule has 5 nitrogen and oxygen atoms in total. The number of carbonyl (C=O) groups excluding carboxylic acids is 2. The standard InChI is InChI=1S/C29H32O5S/c1-3-29(17-9-10-18-29)34-27(30)20-33-28(31)22-15-16-24(32-2)26(19-22)35-25-14-8-7-13-23(25)21-11-5-4-6-12-21/h4-8,11-13,15-16,19,25H,3,9-10,14,17-18,20H2,1-2H3. The number of ether oxygens (including phenoxy) is 3. The van der Waals surface area contributed by atoms with Gasteiger partial charge in [-0.15, -0.1) is 11.8 Å². The molecule has 0 aliphatic heterocycles. The number of rotatable bonds is 9. The van der Waals surface area contributed by atoms with Gasteiger partial charge in [-0.25, -0.2) is 9.59 Å². The van der Waals surface area contributed by atoms with Gasteiger partial charge in [0.05, 0.1) is 17.6 Å². The highest BCUT2D eigenvalue weighted by atomic mass is 32.2. The van der Waals surface area contributed by atoms with E-state index in [-0.39, 0.29) is 11.9 Å². The summed E-state index contributed by atoms with van der Waals surface area (Å²) in [6.07, 6.45) is 11.9. The summed E-state index contributed by atoms with van der Waals surface area (Å²) in [5.41, 5.74) is 2.39. The molecule has 1 unspecified atom stereocenters. The SMILES string of the molecule is CCC1(OC(=O)COC(=O)c2ccc(OC)c(SC3CC=CC=C3c3ccccc3)c2)CCCC1. The first-order valence-electron chi connectivity index (χ1n) is 12.2. The van der Waals surface area contributed by atoms with E-state index in [1.54, 1.807) is 37.1 Å². The molecule has 2 aromatic rings. The van der Waals surface area contributed by atoms with Crippen molar-refractivity contribution >= 4 is 29.3 Å². The Balaban J connectivity index is 1.43. The van der Waals surface area contributed by atoms with E-state index in [2.05, 4.69) is 30.4 Å². The van der Waals surface area contributed by atoms with Crippen molar-refractivity contribution in [3.05, 3.63) is 77.9 Å². The molecule has 0 radical (unpaired) electrons. The van der Waals surface area contributed by atoms with Crippen molar-refractivity contribution in [1.29, 1.82) is 0 Å². The normalized spacial score (nSPS) is 18.6. The van der Waals surface area contributed by atoms with E-state index in [1.807, 2.05) is 25.1 Å². The molecular weight excluding hydrogens is 460 g/mol. The molecule has 0 aromatic heterocycles. The van der Waals surface area contributed by atoms with E-state index in [9.17, 15) is 9.59 Å². The highest BCUT2D eigenvalue weighted by Gasteiger charge is 2.36. The quantitative estimate of drug-likeness (QED) is 0.367. The van der Waals surface area contributed by atoms with Crippen LogP contribution >= 0.6 is 11.8 Å². The van der Waals surface area contributed by atoms with Crippen LogP contribution < -0.4 is 4.74 Å². The Hall–Kier alpha value is -2.99. The van der Waals surface area contributed by atoms with Crippen LogP contribution in [-0.4, -0.2) is 36.5 Å². The summed E-state index contributed by atoms with van der Waals surface area (Å²) in [5, 5.41) is 0.175. The smallest absolute Gasteiger partial charge is 0.344 e. The Morgan fingerprint density at radius 1 is 1.09 bits per heavy atom. The minimum Gasteiger partial charge on any atom is -0.496 e. The summed E-state index contributed by atoms with van der Waals surface area (Å²) >= 11 is 1.65. The fourth-order valence-corrected chi connectivity index (χ4v) is 6.03. The average molecular weight is 493 g/mol. The van der Waals surface area contributed by atoms with Crippen LogP contribution in [0.15, 0.2) is 71.7 Å². The molecule has 0 bridgehead atoms. The van der Waals surface area contributed by atoms with Gasteiger partial charge in [0, 0.05) is 5.25 Å². The number of allylic oxidation sites excluding steroid dienone is 3. The van der Waals surface area contributed by atoms with E-state index in [0.717, 1.165) is 43.4 Å². The first-order valence-corrected chi connectivity index (χ1v) is 13.1. The molecule has 1 fully saturated rings. The predicted molar refractivity (Wildman–Crippen MR) is 139 cm³/mol. The third-order valence-electron chi connectivity index (χ3n) is 6.70. The molecule has 2 aliphatic rings. The molecule has 2 aromatic carbocycles. The molecule has 1 saturated carbocycles. The number of hydrogen-bond donors (Lipinski definition) is 0. The summed E-state index contributed by atoms with van der Waals surface area (Å²) < 4.78 is 16.6. The maximum atomic E-state index is 12.8. The summed E-state index contributed by atoms with van der Waals surface area (Å²) in [5.74, 6) is -0.346. The molecule has 0 spiro atoms. The highest BCUT2D eigenvalue weighted by Crippen LogP contribution is 2.41. The molecule has 0 amide bonds. The van der Waals surface area contributed by atoms with Crippen molar-refractivity contribution in [2.24, 2.45) is 0 Å². The van der Waals surface area contributed by atoms with Crippen LogP contribution in [0.1, 0.15) is 61.4 Å². The second-order valence-electron chi connectivity index (χ2n) is 8.92. The van der Waals surface area contributed by atoms with Gasteiger partial charge in [-0.2, -0.15) is 0 Å². The zero-order valence-corrected chi connectivity index (χ0v) is 21.1. The zero-order chi connectivity index (χ0) is 24.7. The van der Waals surface area contributed by atoms with Crippen molar-refractivity contribution in [2.75, 3.05) is 13.7 Å². The number of hydrogen-bond acceptors (Lipinski definition) is 6. The lowest BCUT2D eigenvalue weighted by atomic mass is 9.97. The number of carbonyl (C=O) groups is 2. The fraction of sp³-hybridized carbons (Fsp3) is 0.379. The Morgan fingerprint density at radius 3 is 2.57 bits per heavy atom. The number of esters is 2. The van der Waals surface area contributed by atoms with Gasteiger partial charge in [0.2, 0.25) is 0 Å². The van der Waals surface area contributed by atoms with Crippen LogP contribution in [0.3, 0.4) is 0 Å². The lowest BCUT2D eigenvalue weighted by molar-refractivity contribution is -0.163. The Bertz CT molecular complexity index is 1100. The number of methoxy groups -OCH3 is 1. The van der Waals surface area contributed by atoms with E-state index >= 15 is 0 Å². The fourth-order valence-electron chi connectivity index (χ4n) is 4.71. The lowest BCUT2D eigenvalue weighted by Crippen LogP contribution is -2.33. The van der Waals surface area contributed by atoms with Gasteiger partial charge in [-0.3, -0.25) is 0 Å². The maximum Gasteiger partial charge on any atom is 0.344 e. The average Bonchev–Trinajstić information content (AvgIpc) is 3.37. The van der Waals surface area contributed by atoms with E-state index in [4.69, 9.17) is 14.2 Å². The van der Waals surface area contributed by atoms with E-state index < -0.39 is 17.5 Å². The molecule has 2 aliphatic carbocycles. The minimum absolute atomic E-state index is 0.175. The van der Waals surface area contributed by atoms with Gasteiger partial charge in [0.25, 0.3) is 0 Å². The maximum absolute atomic E-state index is 12.8. The Kier molecular flexibility index (Phi) is 8.34. The first-order chi connectivity index (χ1) is 17.0. The van der Waals surface area contributed by atoms with Gasteiger partial charge >= 0.3 is 11.9 Å². The third-order valence-corrected chi connectivity index (χ3v) is 8.00. The monoisotopic (exact) mass is 492 g/mol. The molecule has 0 N–H and O–H groups in total. The molecule has 0 heterocycles. The van der Waals surface area contributed by atoms with Crippen LogP contribution in [0.25, 0.3) is 5.57 Å². The van der Waals surface area contributed by atoms with E-state index in [1.165, 1.54) is 11.1 Å². The largest absolute Gasteiger partial charge is 0.496 e. The van der Waals surface area contributed by atoms with Gasteiger partial charge in [0.15, 0.2) is 6.61 Å². The summed E-state index contributed by atoms with van der Waals surface area (Å²) in [4.78, 5) is 26.0. The van der Waals surface area contributed by atoms with Crippen LogP contribution in [0, 0.1) is 0 Å². The Morgan fingerprint density at radius 2 is 1.86 bits per heavy atom. The summed E-state index contributed by atoms with van der Waals surface area (Å²) in [6, 6.07) is 15.5. The van der Waals surface area contributed by atoms with Gasteiger partial charge in [-0.05, 0) is 67.9 Å². The summed E-state index contributed by atoms with van der Waals surface area (Å²) in [7, 11) is 1.62. The van der Waals surface area contributed by atoms with Crippen molar-refractivity contribution in [1.82, 2.24) is 0 Å². The van der Waals surface area contributed by atoms with Crippen LogP contribution in [0.4, 0.5) is 0 Å². The third kappa shape index (κ3) is 6.17. The zero-order valence-electron chi connectivity index (χ0n) is 20.3. The second kappa shape index (κ2) is 11.6. The molecule has 0 saturated heterocycles. The number of thioether (sulfide) groups is 1. The van der Waals surface area contributed by atoms with Crippen molar-refractivity contribution < 1.29 is 23.8 Å². The van der Waals surface area contributed by atoms with Gasteiger partial charge in [-0.1, -0.05) is 55.5 Å². The van der Waals surface area contributed by atoms with Crippen LogP contribution in [0.2, 0.25) is 0 Å². The molecule has 4 rings (SSSR count). The highest BCUT2D eigenvalue weighted by molar-refractivity contribution is 8.00. The van der Waals surface area contributed by atoms with Crippen molar-refractivity contribution in [2.45, 2.75) is 61.2 Å². The second-order valence-corrected chi connectivity index (χ2v) is 10.2. The molecule has 1 atom stereocenters. The van der Waals surface area contributed by atoms with Crippen LogP contribution in [-0.2, 0) is 14.3 Å². The topological polar surface area (TPSA) is 61.8 Å². The van der Waals surface area contributed by atoms with Crippen molar-refractivity contribution in [3.63, 3.8) is 0 Å². The number of benzene rings is 2. The molecule has 6 heteroatoms. The van der Waals surface area contributed by atoms with Gasteiger partial charge in [0.1, 0.15) is 11.4 Å². The van der Waals surface area contributed by atoms with E-state index in [0.29, 0.717) is 11.3 Å². The minimum atomic E-state index is -0.550. The summed E-state index contributed by atoms with van der Waals surface area (Å²) in [6.45, 7) is 1.64. The predicted octanol–water partition coefficient (Wildman–Crippen LogP) is 6.62. The van der Waals surface area contributed by atoms with Crippen LogP contribution in [0.5, 0.6) is 5.75 Å². The molecule has 184 valence electrons. The lowest BCUT2D eigenvalue weighted by Gasteiger charge is -2.27. The van der Waals surface area contributed by atoms with Crippen molar-refractivity contribution in [3.8, 4) is 5.75 Å².